The molecule has 0 bridgehead atoms. The van der Waals surface area contributed by atoms with Gasteiger partial charge in [0.05, 0.1) is 11.0 Å². The molecule has 2 heterocycles. The van der Waals surface area contributed by atoms with Crippen LogP contribution in [0.15, 0.2) is 54.0 Å². The van der Waals surface area contributed by atoms with E-state index >= 15 is 0 Å². The first-order valence-corrected chi connectivity index (χ1v) is 8.83. The van der Waals surface area contributed by atoms with Crippen molar-refractivity contribution in [2.75, 3.05) is 5.73 Å². The maximum absolute atomic E-state index is 13.7. The minimum Gasteiger partial charge on any atom is -0.508 e. The number of aliphatic hydroxyl groups excluding tert-OH is 1. The van der Waals surface area contributed by atoms with Crippen molar-refractivity contribution in [1.29, 1.82) is 0 Å². The predicted molar refractivity (Wildman–Crippen MR) is 103 cm³/mol. The second kappa shape index (κ2) is 6.12. The SMILES string of the molecule is C=C(O)c1cn(C(=O)C2(c3ccccc3)CCCC2)c2cc(N)nn2c1=O. The van der Waals surface area contributed by atoms with Crippen LogP contribution < -0.4 is 11.3 Å². The van der Waals surface area contributed by atoms with E-state index in [0.717, 1.165) is 22.9 Å². The Kier molecular flexibility index (Phi) is 3.87. The molecule has 0 unspecified atom stereocenters. The molecule has 3 aromatic rings. The van der Waals surface area contributed by atoms with Crippen LogP contribution in [0.3, 0.4) is 0 Å². The number of nitrogens with zero attached hydrogens (tertiary/aromatic N) is 3. The van der Waals surface area contributed by atoms with Crippen LogP contribution in [0.5, 0.6) is 0 Å². The number of aliphatic hydroxyl groups is 1. The normalized spacial score (nSPS) is 15.9. The zero-order chi connectivity index (χ0) is 19.2. The maximum Gasteiger partial charge on any atom is 0.285 e. The second-order valence-electron chi connectivity index (χ2n) is 6.96. The van der Waals surface area contributed by atoms with Gasteiger partial charge >= 0.3 is 0 Å². The van der Waals surface area contributed by atoms with Crippen LogP contribution in [0.25, 0.3) is 11.4 Å². The summed E-state index contributed by atoms with van der Waals surface area (Å²) in [5.41, 5.74) is 5.65. The highest BCUT2D eigenvalue weighted by atomic mass is 16.3. The van der Waals surface area contributed by atoms with Gasteiger partial charge in [0.25, 0.3) is 5.56 Å². The Balaban J connectivity index is 1.98. The van der Waals surface area contributed by atoms with E-state index in [1.807, 2.05) is 30.3 Å². The number of carbonyl (C=O) groups excluding carboxylic acids is 1. The minimum atomic E-state index is -0.691. The smallest absolute Gasteiger partial charge is 0.285 e. The molecule has 0 aliphatic heterocycles. The summed E-state index contributed by atoms with van der Waals surface area (Å²) < 4.78 is 2.41. The molecule has 0 amide bonds. The first-order chi connectivity index (χ1) is 12.9. The van der Waals surface area contributed by atoms with Crippen LogP contribution >= 0.6 is 0 Å². The molecule has 2 aromatic heterocycles. The molecule has 7 heteroatoms. The fourth-order valence-electron chi connectivity index (χ4n) is 4.03. The fraction of sp³-hybridized carbons (Fsp3) is 0.250. The van der Waals surface area contributed by atoms with Gasteiger partial charge in [-0.2, -0.15) is 4.52 Å². The van der Waals surface area contributed by atoms with E-state index in [0.29, 0.717) is 12.8 Å². The Morgan fingerprint density at radius 3 is 2.52 bits per heavy atom. The molecule has 0 spiro atoms. The number of carbonyl (C=O) groups is 1. The lowest BCUT2D eigenvalue weighted by Crippen LogP contribution is -2.39. The molecule has 7 nitrogen and oxygen atoms in total. The zero-order valence-electron chi connectivity index (χ0n) is 14.8. The predicted octanol–water partition coefficient (Wildman–Crippen LogP) is 2.76. The number of aromatic nitrogens is 3. The van der Waals surface area contributed by atoms with E-state index in [1.165, 1.54) is 16.8 Å². The highest BCUT2D eigenvalue weighted by Gasteiger charge is 2.44. The Morgan fingerprint density at radius 2 is 1.89 bits per heavy atom. The molecule has 3 N–H and O–H groups in total. The molecule has 1 aromatic carbocycles. The summed E-state index contributed by atoms with van der Waals surface area (Å²) in [5.74, 6) is -0.467. The van der Waals surface area contributed by atoms with Gasteiger partial charge in [-0.05, 0) is 18.4 Å². The number of benzene rings is 1. The molecule has 1 aliphatic carbocycles. The molecule has 0 radical (unpaired) electrons. The lowest BCUT2D eigenvalue weighted by Gasteiger charge is -2.29. The van der Waals surface area contributed by atoms with E-state index in [4.69, 9.17) is 5.73 Å². The van der Waals surface area contributed by atoms with Crippen LogP contribution in [-0.4, -0.2) is 25.2 Å². The van der Waals surface area contributed by atoms with E-state index in [9.17, 15) is 14.7 Å². The van der Waals surface area contributed by atoms with E-state index < -0.39 is 16.7 Å². The molecule has 27 heavy (non-hydrogen) atoms. The van der Waals surface area contributed by atoms with Gasteiger partial charge in [0.15, 0.2) is 0 Å². The number of hydrogen-bond donors (Lipinski definition) is 2. The van der Waals surface area contributed by atoms with Crippen molar-refractivity contribution < 1.29 is 9.90 Å². The van der Waals surface area contributed by atoms with Crippen LogP contribution in [0.2, 0.25) is 0 Å². The molecular weight excluding hydrogens is 344 g/mol. The van der Waals surface area contributed by atoms with Crippen molar-refractivity contribution in [3.63, 3.8) is 0 Å². The van der Waals surface area contributed by atoms with E-state index in [2.05, 4.69) is 11.7 Å². The zero-order valence-corrected chi connectivity index (χ0v) is 14.8. The van der Waals surface area contributed by atoms with Gasteiger partial charge in [-0.15, -0.1) is 5.10 Å². The van der Waals surface area contributed by atoms with Gasteiger partial charge in [0, 0.05) is 12.3 Å². The Morgan fingerprint density at radius 1 is 1.22 bits per heavy atom. The number of fused-ring (bicyclic) bond motifs is 1. The molecular formula is C20H20N4O3. The molecule has 138 valence electrons. The fourth-order valence-corrected chi connectivity index (χ4v) is 4.03. The first kappa shape index (κ1) is 17.1. The van der Waals surface area contributed by atoms with Crippen LogP contribution in [0.1, 0.15) is 41.6 Å². The second-order valence-corrected chi connectivity index (χ2v) is 6.96. The monoisotopic (exact) mass is 364 g/mol. The first-order valence-electron chi connectivity index (χ1n) is 8.83. The largest absolute Gasteiger partial charge is 0.508 e. The summed E-state index contributed by atoms with van der Waals surface area (Å²) in [6, 6.07) is 11.2. The third kappa shape index (κ3) is 2.54. The van der Waals surface area contributed by atoms with Gasteiger partial charge in [-0.25, -0.2) is 0 Å². The molecule has 4 rings (SSSR count). The Labute approximate surface area is 155 Å². The van der Waals surface area contributed by atoms with Crippen molar-refractivity contribution in [2.45, 2.75) is 31.1 Å². The van der Waals surface area contributed by atoms with E-state index in [-0.39, 0.29) is 22.9 Å². The van der Waals surface area contributed by atoms with Gasteiger partial charge in [0.1, 0.15) is 17.2 Å². The quantitative estimate of drug-likeness (QED) is 0.696. The minimum absolute atomic E-state index is 0.0832. The highest BCUT2D eigenvalue weighted by Crippen LogP contribution is 2.42. The summed E-state index contributed by atoms with van der Waals surface area (Å²) in [5, 5.41) is 13.8. The van der Waals surface area contributed by atoms with Gasteiger partial charge < -0.3 is 10.8 Å². The Hall–Kier alpha value is -3.35. The van der Waals surface area contributed by atoms with Crippen LogP contribution in [0.4, 0.5) is 5.82 Å². The number of nitrogens with two attached hydrogens (primary N) is 1. The summed E-state index contributed by atoms with van der Waals surface area (Å²) in [6.45, 7) is 3.43. The van der Waals surface area contributed by atoms with Crippen molar-refractivity contribution in [3.8, 4) is 0 Å². The summed E-state index contributed by atoms with van der Waals surface area (Å²) >= 11 is 0. The lowest BCUT2D eigenvalue weighted by atomic mass is 9.78. The van der Waals surface area contributed by atoms with Gasteiger partial charge in [-0.1, -0.05) is 49.8 Å². The van der Waals surface area contributed by atoms with Crippen molar-refractivity contribution in [1.82, 2.24) is 14.2 Å². The van der Waals surface area contributed by atoms with Crippen LogP contribution in [-0.2, 0) is 5.41 Å². The maximum atomic E-state index is 13.7. The number of rotatable bonds is 3. The number of hydrogen-bond acceptors (Lipinski definition) is 5. The standard InChI is InChI=1S/C20H20N4O3/c1-13(25)15-12-23(17-11-16(21)22-24(17)18(15)26)19(27)20(9-5-6-10-20)14-7-3-2-4-8-14/h2-4,7-8,11-12,25H,1,5-6,9-10H2,(H2,21,22). The molecule has 0 atom stereocenters. The molecule has 0 saturated heterocycles. The van der Waals surface area contributed by atoms with Crippen molar-refractivity contribution >= 4 is 23.1 Å². The summed E-state index contributed by atoms with van der Waals surface area (Å²) in [4.78, 5) is 26.3. The average molecular weight is 364 g/mol. The number of anilines is 1. The van der Waals surface area contributed by atoms with Crippen molar-refractivity contribution in [3.05, 3.63) is 70.7 Å². The topological polar surface area (TPSA) is 103 Å². The third-order valence-corrected chi connectivity index (χ3v) is 5.36. The van der Waals surface area contributed by atoms with E-state index in [1.54, 1.807) is 0 Å². The van der Waals surface area contributed by atoms with Gasteiger partial charge in [-0.3, -0.25) is 14.2 Å². The molecule has 1 fully saturated rings. The Bertz CT molecular complexity index is 1110. The van der Waals surface area contributed by atoms with Crippen molar-refractivity contribution in [2.24, 2.45) is 0 Å². The van der Waals surface area contributed by atoms with Gasteiger partial charge in [0.2, 0.25) is 5.91 Å². The number of nitrogen functional groups attached to an aromatic ring is 1. The highest BCUT2D eigenvalue weighted by molar-refractivity contribution is 5.93. The molecule has 1 saturated carbocycles. The summed E-state index contributed by atoms with van der Waals surface area (Å²) in [6.07, 6.45) is 4.66. The van der Waals surface area contributed by atoms with Crippen LogP contribution in [0, 0.1) is 0 Å². The third-order valence-electron chi connectivity index (χ3n) is 5.36. The summed E-state index contributed by atoms with van der Waals surface area (Å²) in [7, 11) is 0. The molecule has 1 aliphatic rings. The lowest BCUT2D eigenvalue weighted by molar-refractivity contribution is 0.0800. The average Bonchev–Trinajstić information content (AvgIpc) is 3.30.